The van der Waals surface area contributed by atoms with E-state index in [-0.39, 0.29) is 18.7 Å². The van der Waals surface area contributed by atoms with Gasteiger partial charge >= 0.3 is 0 Å². The molecule has 1 N–H and O–H groups in total. The van der Waals surface area contributed by atoms with Crippen LogP contribution in [0.25, 0.3) is 0 Å². The molecule has 1 amide bonds. The molecule has 0 aliphatic rings. The van der Waals surface area contributed by atoms with Crippen LogP contribution in [0.1, 0.15) is 10.4 Å². The number of methoxy groups -OCH3 is 1. The van der Waals surface area contributed by atoms with E-state index in [1.54, 1.807) is 0 Å². The van der Waals surface area contributed by atoms with Gasteiger partial charge in [0.25, 0.3) is 15.0 Å². The van der Waals surface area contributed by atoms with Gasteiger partial charge < -0.3 is 14.8 Å². The van der Waals surface area contributed by atoms with Crippen molar-refractivity contribution >= 4 is 25.6 Å². The van der Waals surface area contributed by atoms with Gasteiger partial charge in [-0.25, -0.2) is 12.8 Å². The van der Waals surface area contributed by atoms with Crippen molar-refractivity contribution in [1.82, 2.24) is 5.32 Å². The van der Waals surface area contributed by atoms with E-state index >= 15 is 0 Å². The fourth-order valence-electron chi connectivity index (χ4n) is 1.42. The molecule has 0 radical (unpaired) electrons. The molecule has 0 fully saturated rings. The molecule has 0 aliphatic carbocycles. The first kappa shape index (κ1) is 17.8. The second kappa shape index (κ2) is 8.28. The number of hydrogen-bond acceptors (Lipinski definition) is 5. The standard InChI is InChI=1S/C12H15ClFNO5S/c1-19-4-5-20-3-2-15-12(16)9-6-10(14)8-11(7-9)21(13,17)18/h6-8H,2-5H2,1H3,(H,15,16). The molecule has 0 saturated heterocycles. The van der Waals surface area contributed by atoms with Crippen LogP contribution < -0.4 is 5.32 Å². The molecular formula is C12H15ClFNO5S. The number of nitrogens with one attached hydrogen (secondary N) is 1. The third-order valence-electron chi connectivity index (χ3n) is 2.38. The molecule has 118 valence electrons. The van der Waals surface area contributed by atoms with Gasteiger partial charge in [-0.3, -0.25) is 4.79 Å². The molecule has 0 saturated carbocycles. The van der Waals surface area contributed by atoms with Crippen molar-refractivity contribution < 1.29 is 27.1 Å². The van der Waals surface area contributed by atoms with Gasteiger partial charge in [-0.15, -0.1) is 0 Å². The second-order valence-electron chi connectivity index (χ2n) is 3.97. The zero-order valence-electron chi connectivity index (χ0n) is 11.3. The van der Waals surface area contributed by atoms with Crippen molar-refractivity contribution in [2.75, 3.05) is 33.5 Å². The first-order valence-electron chi connectivity index (χ1n) is 5.94. The highest BCUT2D eigenvalue weighted by atomic mass is 35.7. The van der Waals surface area contributed by atoms with Gasteiger partial charge in [-0.2, -0.15) is 0 Å². The summed E-state index contributed by atoms with van der Waals surface area (Å²) >= 11 is 0. The predicted octanol–water partition coefficient (Wildman–Crippen LogP) is 1.15. The van der Waals surface area contributed by atoms with Crippen molar-refractivity contribution in [2.24, 2.45) is 0 Å². The molecule has 1 aromatic rings. The Morgan fingerprint density at radius 1 is 1.29 bits per heavy atom. The molecule has 0 atom stereocenters. The normalized spacial score (nSPS) is 11.4. The molecular weight excluding hydrogens is 325 g/mol. The summed E-state index contributed by atoms with van der Waals surface area (Å²) in [6, 6.07) is 2.67. The van der Waals surface area contributed by atoms with Crippen LogP contribution in [-0.2, 0) is 18.5 Å². The Hall–Kier alpha value is -1.22. The molecule has 0 spiro atoms. The van der Waals surface area contributed by atoms with Crippen LogP contribution in [0.15, 0.2) is 23.1 Å². The van der Waals surface area contributed by atoms with E-state index in [1.807, 2.05) is 0 Å². The molecule has 0 unspecified atom stereocenters. The van der Waals surface area contributed by atoms with E-state index in [9.17, 15) is 17.6 Å². The zero-order chi connectivity index (χ0) is 15.9. The fraction of sp³-hybridized carbons (Fsp3) is 0.417. The minimum absolute atomic E-state index is 0.133. The smallest absolute Gasteiger partial charge is 0.261 e. The lowest BCUT2D eigenvalue weighted by molar-refractivity contribution is 0.0692. The van der Waals surface area contributed by atoms with E-state index in [1.165, 1.54) is 7.11 Å². The Morgan fingerprint density at radius 2 is 2.00 bits per heavy atom. The summed E-state index contributed by atoms with van der Waals surface area (Å²) in [4.78, 5) is 11.3. The van der Waals surface area contributed by atoms with Crippen molar-refractivity contribution in [3.8, 4) is 0 Å². The molecule has 0 aliphatic heterocycles. The van der Waals surface area contributed by atoms with Crippen molar-refractivity contribution in [2.45, 2.75) is 4.90 Å². The van der Waals surface area contributed by atoms with E-state index in [2.05, 4.69) is 5.32 Å². The number of amides is 1. The van der Waals surface area contributed by atoms with Crippen LogP contribution >= 0.6 is 10.7 Å². The van der Waals surface area contributed by atoms with Crippen molar-refractivity contribution in [1.29, 1.82) is 0 Å². The first-order chi connectivity index (χ1) is 9.84. The largest absolute Gasteiger partial charge is 0.382 e. The molecule has 0 aromatic heterocycles. The van der Waals surface area contributed by atoms with E-state index in [0.29, 0.717) is 13.2 Å². The van der Waals surface area contributed by atoms with E-state index in [0.717, 1.165) is 18.2 Å². The van der Waals surface area contributed by atoms with Gasteiger partial charge in [0, 0.05) is 29.9 Å². The molecule has 6 nitrogen and oxygen atoms in total. The van der Waals surface area contributed by atoms with Crippen molar-refractivity contribution in [3.63, 3.8) is 0 Å². The van der Waals surface area contributed by atoms with E-state index < -0.39 is 25.7 Å². The number of benzene rings is 1. The lowest BCUT2D eigenvalue weighted by atomic mass is 10.2. The molecule has 1 aromatic carbocycles. The monoisotopic (exact) mass is 339 g/mol. The van der Waals surface area contributed by atoms with Gasteiger partial charge in [0.15, 0.2) is 0 Å². The Morgan fingerprint density at radius 3 is 2.62 bits per heavy atom. The number of halogens is 2. The maximum atomic E-state index is 13.3. The fourth-order valence-corrected chi connectivity index (χ4v) is 2.21. The van der Waals surface area contributed by atoms with Crippen LogP contribution in [0.4, 0.5) is 4.39 Å². The summed E-state index contributed by atoms with van der Waals surface area (Å²) in [6.07, 6.45) is 0. The maximum Gasteiger partial charge on any atom is 0.261 e. The van der Waals surface area contributed by atoms with Crippen LogP contribution in [0, 0.1) is 5.82 Å². The lowest BCUT2D eigenvalue weighted by Crippen LogP contribution is -2.27. The molecule has 0 bridgehead atoms. The van der Waals surface area contributed by atoms with Gasteiger partial charge in [-0.1, -0.05) is 0 Å². The van der Waals surface area contributed by atoms with Crippen molar-refractivity contribution in [3.05, 3.63) is 29.6 Å². The Labute approximate surface area is 126 Å². The quantitative estimate of drug-likeness (QED) is 0.567. The van der Waals surface area contributed by atoms with Gasteiger partial charge in [-0.05, 0) is 18.2 Å². The van der Waals surface area contributed by atoms with Crippen LogP contribution in [0.2, 0.25) is 0 Å². The van der Waals surface area contributed by atoms with Gasteiger partial charge in [0.2, 0.25) is 0 Å². The number of carbonyl (C=O) groups excluding carboxylic acids is 1. The topological polar surface area (TPSA) is 81.7 Å². The zero-order valence-corrected chi connectivity index (χ0v) is 12.8. The third kappa shape index (κ3) is 6.38. The second-order valence-corrected chi connectivity index (χ2v) is 6.54. The average molecular weight is 340 g/mol. The molecule has 0 heterocycles. The molecule has 1 rings (SSSR count). The van der Waals surface area contributed by atoms with Crippen LogP contribution in [0.5, 0.6) is 0 Å². The Bertz CT molecular complexity index is 593. The third-order valence-corrected chi connectivity index (χ3v) is 3.71. The molecule has 9 heteroatoms. The van der Waals surface area contributed by atoms with Crippen LogP contribution in [-0.4, -0.2) is 47.8 Å². The summed E-state index contributed by atoms with van der Waals surface area (Å²) in [5, 5.41) is 2.47. The summed E-state index contributed by atoms with van der Waals surface area (Å²) < 4.78 is 45.5. The summed E-state index contributed by atoms with van der Waals surface area (Å²) in [6.45, 7) is 1.28. The Balaban J connectivity index is 2.60. The number of ether oxygens (including phenoxy) is 2. The van der Waals surface area contributed by atoms with Gasteiger partial charge in [0.05, 0.1) is 24.7 Å². The highest BCUT2D eigenvalue weighted by Crippen LogP contribution is 2.18. The number of hydrogen-bond donors (Lipinski definition) is 1. The number of carbonyl (C=O) groups is 1. The predicted molar refractivity (Wildman–Crippen MR) is 74.5 cm³/mol. The van der Waals surface area contributed by atoms with Gasteiger partial charge in [0.1, 0.15) is 5.82 Å². The van der Waals surface area contributed by atoms with Crippen LogP contribution in [0.3, 0.4) is 0 Å². The average Bonchev–Trinajstić information content (AvgIpc) is 2.40. The first-order valence-corrected chi connectivity index (χ1v) is 8.25. The minimum atomic E-state index is -4.10. The Kier molecular flexibility index (Phi) is 7.03. The SMILES string of the molecule is COCCOCCNC(=O)c1cc(F)cc(S(=O)(=O)Cl)c1. The number of rotatable bonds is 8. The summed E-state index contributed by atoms with van der Waals surface area (Å²) in [7, 11) is 2.56. The lowest BCUT2D eigenvalue weighted by Gasteiger charge is -2.07. The highest BCUT2D eigenvalue weighted by Gasteiger charge is 2.15. The maximum absolute atomic E-state index is 13.3. The molecule has 21 heavy (non-hydrogen) atoms. The van der Waals surface area contributed by atoms with E-state index in [4.69, 9.17) is 20.2 Å². The summed E-state index contributed by atoms with van der Waals surface area (Å²) in [5.74, 6) is -1.48. The summed E-state index contributed by atoms with van der Waals surface area (Å²) in [5.41, 5.74) is -0.133. The minimum Gasteiger partial charge on any atom is -0.382 e. The highest BCUT2D eigenvalue weighted by molar-refractivity contribution is 8.13.